The van der Waals surface area contributed by atoms with Crippen molar-refractivity contribution in [2.24, 2.45) is 0 Å². The van der Waals surface area contributed by atoms with Crippen molar-refractivity contribution in [1.82, 2.24) is 19.9 Å². The molecule has 6 nitrogen and oxygen atoms in total. The molecule has 9 heteroatoms. The van der Waals surface area contributed by atoms with E-state index in [4.69, 9.17) is 27.9 Å². The number of hydrogen-bond donors (Lipinski definition) is 1. The van der Waals surface area contributed by atoms with Gasteiger partial charge in [-0.3, -0.25) is 4.79 Å². The van der Waals surface area contributed by atoms with Crippen LogP contribution in [-0.4, -0.2) is 51.4 Å². The number of H-pyrrole nitrogens is 1. The van der Waals surface area contributed by atoms with E-state index in [2.05, 4.69) is 15.0 Å². The van der Waals surface area contributed by atoms with Gasteiger partial charge in [0, 0.05) is 35.4 Å². The summed E-state index contributed by atoms with van der Waals surface area (Å²) in [5, 5.41) is 2.01. The van der Waals surface area contributed by atoms with Crippen LogP contribution in [0, 0.1) is 0 Å². The van der Waals surface area contributed by atoms with Gasteiger partial charge in [0.25, 0.3) is 5.91 Å². The molecule has 4 rings (SSSR count). The second-order valence-electron chi connectivity index (χ2n) is 6.47. The van der Waals surface area contributed by atoms with Crippen molar-refractivity contribution in [2.45, 2.75) is 12.5 Å². The maximum Gasteiger partial charge on any atom is 0.292 e. The summed E-state index contributed by atoms with van der Waals surface area (Å²) in [6.07, 6.45) is 5.74. The first-order chi connectivity index (χ1) is 13.5. The Balaban J connectivity index is 1.77. The lowest BCUT2D eigenvalue weighted by molar-refractivity contribution is 0.0669. The highest BCUT2D eigenvalue weighted by molar-refractivity contribution is 7.98. The van der Waals surface area contributed by atoms with Crippen molar-refractivity contribution < 1.29 is 9.53 Å². The second-order valence-corrected chi connectivity index (χ2v) is 8.16. The Bertz CT molecular complexity index is 1040. The molecule has 0 spiro atoms. The van der Waals surface area contributed by atoms with Gasteiger partial charge in [-0.25, -0.2) is 9.97 Å². The maximum atomic E-state index is 13.2. The van der Waals surface area contributed by atoms with Crippen molar-refractivity contribution in [1.29, 1.82) is 0 Å². The van der Waals surface area contributed by atoms with Crippen molar-refractivity contribution >= 4 is 51.8 Å². The quantitative estimate of drug-likeness (QED) is 0.656. The summed E-state index contributed by atoms with van der Waals surface area (Å²) >= 11 is 14.3. The second kappa shape index (κ2) is 7.81. The molecule has 1 aliphatic heterocycles. The normalized spacial score (nSPS) is 16.3. The van der Waals surface area contributed by atoms with E-state index in [0.29, 0.717) is 28.8 Å². The highest BCUT2D eigenvalue weighted by Gasteiger charge is 2.35. The molecule has 0 saturated heterocycles. The summed E-state index contributed by atoms with van der Waals surface area (Å²) in [6.45, 7) is 0.574. The number of halogens is 2. The topological polar surface area (TPSA) is 71.1 Å². The number of carbonyl (C=O) groups is 1. The Kier molecular flexibility index (Phi) is 5.40. The minimum Gasteiger partial charge on any atom is -0.494 e. The van der Waals surface area contributed by atoms with Crippen LogP contribution in [-0.2, 0) is 6.42 Å². The summed E-state index contributed by atoms with van der Waals surface area (Å²) in [5.41, 5.74) is 3.01. The van der Waals surface area contributed by atoms with Gasteiger partial charge in [0.1, 0.15) is 0 Å². The van der Waals surface area contributed by atoms with Crippen molar-refractivity contribution in [3.63, 3.8) is 0 Å². The molecular weight excluding hydrogens is 419 g/mol. The first kappa shape index (κ1) is 19.4. The number of hydrogen-bond acceptors (Lipinski definition) is 5. The highest BCUT2D eigenvalue weighted by Crippen LogP contribution is 2.41. The van der Waals surface area contributed by atoms with Crippen molar-refractivity contribution in [3.05, 3.63) is 51.7 Å². The van der Waals surface area contributed by atoms with Gasteiger partial charge < -0.3 is 14.6 Å². The van der Waals surface area contributed by atoms with E-state index in [1.54, 1.807) is 17.8 Å². The van der Waals surface area contributed by atoms with Gasteiger partial charge in [0.05, 0.1) is 41.1 Å². The molecule has 0 fully saturated rings. The molecule has 0 radical (unpaired) electrons. The summed E-state index contributed by atoms with van der Waals surface area (Å²) in [7, 11) is 1.54. The number of nitrogens with zero attached hydrogens (tertiary/aromatic N) is 3. The number of nitrogens with one attached hydrogen (secondary N) is 1. The third kappa shape index (κ3) is 3.21. The van der Waals surface area contributed by atoms with E-state index < -0.39 is 0 Å². The molecule has 28 heavy (non-hydrogen) atoms. The summed E-state index contributed by atoms with van der Waals surface area (Å²) in [6, 6.07) is 3.65. The predicted molar refractivity (Wildman–Crippen MR) is 113 cm³/mol. The van der Waals surface area contributed by atoms with Crippen LogP contribution in [0.25, 0.3) is 10.9 Å². The van der Waals surface area contributed by atoms with Gasteiger partial charge >= 0.3 is 0 Å². The van der Waals surface area contributed by atoms with E-state index in [9.17, 15) is 4.79 Å². The van der Waals surface area contributed by atoms with Crippen molar-refractivity contribution in [2.75, 3.05) is 25.7 Å². The van der Waals surface area contributed by atoms with Gasteiger partial charge in [-0.1, -0.05) is 29.3 Å². The Hall–Kier alpha value is -1.96. The lowest BCUT2D eigenvalue weighted by Gasteiger charge is -2.35. The first-order valence-electron chi connectivity index (χ1n) is 8.69. The number of aromatic amines is 1. The average molecular weight is 437 g/mol. The number of thioether (sulfide) groups is 1. The van der Waals surface area contributed by atoms with Gasteiger partial charge in [-0.05, 0) is 12.3 Å². The van der Waals surface area contributed by atoms with Gasteiger partial charge in [0.15, 0.2) is 5.75 Å². The average Bonchev–Trinajstić information content (AvgIpc) is 3.10. The Morgan fingerprint density at radius 1 is 1.36 bits per heavy atom. The van der Waals surface area contributed by atoms with E-state index >= 15 is 0 Å². The van der Waals surface area contributed by atoms with Crippen LogP contribution in [0.3, 0.4) is 0 Å². The largest absolute Gasteiger partial charge is 0.494 e. The van der Waals surface area contributed by atoms with Crippen LogP contribution in [0.15, 0.2) is 24.5 Å². The van der Waals surface area contributed by atoms with Crippen LogP contribution >= 0.6 is 35.0 Å². The molecule has 0 bridgehead atoms. The number of ether oxygens (including phenoxy) is 1. The third-order valence-corrected chi connectivity index (χ3v) is 6.39. The van der Waals surface area contributed by atoms with Crippen LogP contribution in [0.5, 0.6) is 5.75 Å². The Morgan fingerprint density at radius 2 is 2.11 bits per heavy atom. The molecule has 0 saturated carbocycles. The lowest BCUT2D eigenvalue weighted by atomic mass is 9.96. The first-order valence-corrected chi connectivity index (χ1v) is 10.8. The number of benzene rings is 1. The summed E-state index contributed by atoms with van der Waals surface area (Å²) < 4.78 is 5.08. The van der Waals surface area contributed by atoms with Crippen LogP contribution in [0.2, 0.25) is 10.0 Å². The SMILES string of the molecule is COc1cnc(C(=O)N2CCc3[nH]c4c(Cl)c(Cl)ccc4c3[C@@H]2CSC)nc1. The van der Waals surface area contributed by atoms with E-state index in [-0.39, 0.29) is 17.8 Å². The molecule has 146 valence electrons. The Labute approximate surface area is 176 Å². The molecule has 1 amide bonds. The minimum absolute atomic E-state index is 0.108. The summed E-state index contributed by atoms with van der Waals surface area (Å²) in [4.78, 5) is 26.8. The molecule has 1 atom stereocenters. The number of methoxy groups -OCH3 is 1. The fourth-order valence-corrected chi connectivity index (χ4v) is 4.67. The smallest absolute Gasteiger partial charge is 0.292 e. The number of aromatic nitrogens is 3. The Morgan fingerprint density at radius 3 is 2.79 bits per heavy atom. The van der Waals surface area contributed by atoms with Crippen molar-refractivity contribution in [3.8, 4) is 5.75 Å². The number of carbonyl (C=O) groups excluding carboxylic acids is 1. The maximum absolute atomic E-state index is 13.2. The molecule has 3 heterocycles. The zero-order valence-electron chi connectivity index (χ0n) is 15.3. The predicted octanol–water partition coefficient (Wildman–Crippen LogP) is 4.38. The van der Waals surface area contributed by atoms with E-state index in [0.717, 1.165) is 27.9 Å². The highest BCUT2D eigenvalue weighted by atomic mass is 35.5. The molecule has 1 aromatic carbocycles. The number of fused-ring (bicyclic) bond motifs is 3. The van der Waals surface area contributed by atoms with E-state index in [1.165, 1.54) is 19.5 Å². The molecule has 1 aliphatic rings. The molecule has 1 N–H and O–H groups in total. The zero-order valence-corrected chi connectivity index (χ0v) is 17.7. The third-order valence-electron chi connectivity index (χ3n) is 4.94. The minimum atomic E-state index is -0.193. The number of amides is 1. The van der Waals surface area contributed by atoms with Gasteiger partial charge in [-0.2, -0.15) is 11.8 Å². The molecular formula is C19H18Cl2N4O2S. The molecule has 0 aliphatic carbocycles. The fraction of sp³-hybridized carbons (Fsp3) is 0.316. The monoisotopic (exact) mass is 436 g/mol. The van der Waals surface area contributed by atoms with Gasteiger partial charge in [0.2, 0.25) is 5.82 Å². The molecule has 3 aromatic rings. The summed E-state index contributed by atoms with van der Waals surface area (Å²) in [5.74, 6) is 1.24. The number of rotatable bonds is 4. The lowest BCUT2D eigenvalue weighted by Crippen LogP contribution is -2.41. The van der Waals surface area contributed by atoms with Crippen LogP contribution in [0.1, 0.15) is 27.9 Å². The van der Waals surface area contributed by atoms with E-state index in [1.807, 2.05) is 17.2 Å². The molecule has 2 aromatic heterocycles. The standard InChI is InChI=1S/C19H18Cl2N4O2S/c1-27-10-7-22-18(23-8-10)19(26)25-6-5-13-15(14(25)9-28-2)11-3-4-12(20)16(21)17(11)24-13/h3-4,7-8,14,24H,5-6,9H2,1-2H3/t14-/m0/s1. The van der Waals surface area contributed by atoms with Gasteiger partial charge in [-0.15, -0.1) is 0 Å². The zero-order chi connectivity index (χ0) is 19.8. The van der Waals surface area contributed by atoms with Crippen LogP contribution in [0.4, 0.5) is 0 Å². The van der Waals surface area contributed by atoms with Crippen LogP contribution < -0.4 is 4.74 Å². The fourth-order valence-electron chi connectivity index (χ4n) is 3.63. The molecule has 0 unspecified atom stereocenters.